The summed E-state index contributed by atoms with van der Waals surface area (Å²) in [5.41, 5.74) is 1.05. The summed E-state index contributed by atoms with van der Waals surface area (Å²) in [5.74, 6) is -0.624. The van der Waals surface area contributed by atoms with E-state index in [1.807, 2.05) is 0 Å². The molecule has 4 nitrogen and oxygen atoms in total. The average molecular weight is 295 g/mol. The molecule has 20 heavy (non-hydrogen) atoms. The monoisotopic (exact) mass is 295 g/mol. The lowest BCUT2D eigenvalue weighted by molar-refractivity contribution is 0.282. The van der Waals surface area contributed by atoms with Crippen LogP contribution in [0.3, 0.4) is 0 Å². The van der Waals surface area contributed by atoms with Gasteiger partial charge in [-0.15, -0.1) is 0 Å². The van der Waals surface area contributed by atoms with Gasteiger partial charge in [-0.3, -0.25) is 4.72 Å². The molecule has 0 aromatic heterocycles. The number of anilines is 1. The zero-order valence-corrected chi connectivity index (χ0v) is 11.6. The largest absolute Gasteiger partial charge is 0.392 e. The Hall–Kier alpha value is -1.92. The van der Waals surface area contributed by atoms with Crippen molar-refractivity contribution in [3.63, 3.8) is 0 Å². The molecule has 0 atom stereocenters. The number of aryl methyl sites for hydroxylation is 1. The molecule has 0 amide bonds. The van der Waals surface area contributed by atoms with Crippen molar-refractivity contribution < 1.29 is 17.9 Å². The second-order valence-electron chi connectivity index (χ2n) is 4.34. The van der Waals surface area contributed by atoms with E-state index in [1.165, 1.54) is 36.4 Å². The molecule has 0 saturated heterocycles. The number of hydrogen-bond acceptors (Lipinski definition) is 3. The van der Waals surface area contributed by atoms with E-state index in [4.69, 9.17) is 5.11 Å². The number of hydrogen-bond donors (Lipinski definition) is 2. The molecule has 0 spiro atoms. The van der Waals surface area contributed by atoms with Crippen molar-refractivity contribution in [3.8, 4) is 0 Å². The highest BCUT2D eigenvalue weighted by Gasteiger charge is 2.17. The van der Waals surface area contributed by atoms with Crippen LogP contribution in [0, 0.1) is 12.7 Å². The fourth-order valence-corrected chi connectivity index (χ4v) is 2.87. The van der Waals surface area contributed by atoms with Gasteiger partial charge in [-0.25, -0.2) is 12.8 Å². The maximum atomic E-state index is 13.7. The molecule has 0 heterocycles. The van der Waals surface area contributed by atoms with Crippen molar-refractivity contribution in [2.45, 2.75) is 18.4 Å². The summed E-state index contributed by atoms with van der Waals surface area (Å²) in [6.45, 7) is 1.45. The summed E-state index contributed by atoms with van der Waals surface area (Å²) in [6, 6.07) is 10.1. The van der Waals surface area contributed by atoms with Crippen molar-refractivity contribution in [2.24, 2.45) is 0 Å². The lowest BCUT2D eigenvalue weighted by Gasteiger charge is -2.11. The van der Waals surface area contributed by atoms with Crippen LogP contribution in [-0.2, 0) is 16.6 Å². The number of rotatable bonds is 4. The average Bonchev–Trinajstić information content (AvgIpc) is 2.43. The van der Waals surface area contributed by atoms with Crippen LogP contribution in [0.25, 0.3) is 0 Å². The lowest BCUT2D eigenvalue weighted by Crippen LogP contribution is -2.15. The highest BCUT2D eigenvalue weighted by molar-refractivity contribution is 7.92. The fourth-order valence-electron chi connectivity index (χ4n) is 1.73. The van der Waals surface area contributed by atoms with E-state index in [0.717, 1.165) is 0 Å². The number of halogens is 1. The lowest BCUT2D eigenvalue weighted by atomic mass is 10.2. The Morgan fingerprint density at radius 1 is 1.15 bits per heavy atom. The third kappa shape index (κ3) is 2.97. The number of nitrogens with one attached hydrogen (secondary N) is 1. The molecule has 0 fully saturated rings. The minimum absolute atomic E-state index is 0.0114. The second-order valence-corrected chi connectivity index (χ2v) is 6.02. The molecule has 2 N–H and O–H groups in total. The van der Waals surface area contributed by atoms with E-state index in [2.05, 4.69) is 4.72 Å². The molecular weight excluding hydrogens is 281 g/mol. The van der Waals surface area contributed by atoms with Gasteiger partial charge in [0.15, 0.2) is 0 Å². The minimum Gasteiger partial charge on any atom is -0.392 e. The maximum Gasteiger partial charge on any atom is 0.261 e. The van der Waals surface area contributed by atoms with Crippen LogP contribution in [0.2, 0.25) is 0 Å². The molecule has 0 bridgehead atoms. The Kier molecular flexibility index (Phi) is 4.06. The van der Waals surface area contributed by atoms with Crippen molar-refractivity contribution >= 4 is 15.7 Å². The van der Waals surface area contributed by atoms with E-state index >= 15 is 0 Å². The smallest absolute Gasteiger partial charge is 0.261 e. The van der Waals surface area contributed by atoms with Gasteiger partial charge in [0.25, 0.3) is 10.0 Å². The van der Waals surface area contributed by atoms with Gasteiger partial charge in [0, 0.05) is 0 Å². The fraction of sp³-hybridized carbons (Fsp3) is 0.143. The SMILES string of the molecule is Cc1cccc(F)c1NS(=O)(=O)c1ccc(CO)cc1. The Bertz CT molecular complexity index is 691. The number of aliphatic hydroxyl groups is 1. The predicted octanol–water partition coefficient (Wildman–Crippen LogP) is 2.43. The number of benzene rings is 2. The van der Waals surface area contributed by atoms with Gasteiger partial charge in [-0.2, -0.15) is 0 Å². The maximum absolute atomic E-state index is 13.7. The highest BCUT2D eigenvalue weighted by Crippen LogP contribution is 2.22. The van der Waals surface area contributed by atoms with Crippen LogP contribution in [0.15, 0.2) is 47.4 Å². The zero-order valence-electron chi connectivity index (χ0n) is 10.8. The topological polar surface area (TPSA) is 66.4 Å². The van der Waals surface area contributed by atoms with Crippen molar-refractivity contribution in [2.75, 3.05) is 4.72 Å². The summed E-state index contributed by atoms with van der Waals surface area (Å²) in [5, 5.41) is 8.92. The summed E-state index contributed by atoms with van der Waals surface area (Å²) in [6.07, 6.45) is 0. The Balaban J connectivity index is 2.35. The van der Waals surface area contributed by atoms with E-state index in [0.29, 0.717) is 11.1 Å². The first-order valence-corrected chi connectivity index (χ1v) is 7.40. The van der Waals surface area contributed by atoms with Crippen LogP contribution in [0.1, 0.15) is 11.1 Å². The van der Waals surface area contributed by atoms with Crippen molar-refractivity contribution in [1.29, 1.82) is 0 Å². The van der Waals surface area contributed by atoms with Crippen molar-refractivity contribution in [3.05, 3.63) is 59.4 Å². The summed E-state index contributed by atoms with van der Waals surface area (Å²) in [4.78, 5) is 0.0114. The van der Waals surface area contributed by atoms with Crippen LogP contribution in [0.4, 0.5) is 10.1 Å². The zero-order chi connectivity index (χ0) is 14.8. The third-order valence-corrected chi connectivity index (χ3v) is 4.24. The molecule has 2 rings (SSSR count). The van der Waals surface area contributed by atoms with Gasteiger partial charge in [0.05, 0.1) is 17.2 Å². The van der Waals surface area contributed by atoms with Gasteiger partial charge in [0.1, 0.15) is 5.82 Å². The summed E-state index contributed by atoms with van der Waals surface area (Å²) < 4.78 is 40.2. The molecule has 0 unspecified atom stereocenters. The molecule has 0 saturated carbocycles. The van der Waals surface area contributed by atoms with Gasteiger partial charge in [-0.05, 0) is 36.2 Å². The molecule has 2 aromatic rings. The van der Waals surface area contributed by atoms with Gasteiger partial charge < -0.3 is 5.11 Å². The summed E-state index contributed by atoms with van der Waals surface area (Å²) >= 11 is 0. The van der Waals surface area contributed by atoms with Crippen LogP contribution >= 0.6 is 0 Å². The van der Waals surface area contributed by atoms with E-state index < -0.39 is 15.8 Å². The number of para-hydroxylation sites is 1. The summed E-state index contributed by atoms with van der Waals surface area (Å²) in [7, 11) is -3.85. The van der Waals surface area contributed by atoms with E-state index in [-0.39, 0.29) is 17.2 Å². The molecular formula is C14H14FNO3S. The molecule has 0 aliphatic carbocycles. The Labute approximate surface area is 116 Å². The van der Waals surface area contributed by atoms with Gasteiger partial charge in [0.2, 0.25) is 0 Å². The molecule has 2 aromatic carbocycles. The van der Waals surface area contributed by atoms with Crippen molar-refractivity contribution in [1.82, 2.24) is 0 Å². The van der Waals surface area contributed by atoms with Crippen LogP contribution < -0.4 is 4.72 Å². The van der Waals surface area contributed by atoms with E-state index in [1.54, 1.807) is 13.0 Å². The van der Waals surface area contributed by atoms with Crippen LogP contribution in [0.5, 0.6) is 0 Å². The minimum atomic E-state index is -3.85. The highest BCUT2D eigenvalue weighted by atomic mass is 32.2. The molecule has 6 heteroatoms. The predicted molar refractivity (Wildman–Crippen MR) is 74.3 cm³/mol. The quantitative estimate of drug-likeness (QED) is 0.910. The van der Waals surface area contributed by atoms with Gasteiger partial charge >= 0.3 is 0 Å². The standard InChI is InChI=1S/C14H14FNO3S/c1-10-3-2-4-13(15)14(10)16-20(18,19)12-7-5-11(9-17)6-8-12/h2-8,16-17H,9H2,1H3. The Morgan fingerprint density at radius 3 is 2.35 bits per heavy atom. The second kappa shape index (κ2) is 5.60. The first-order chi connectivity index (χ1) is 9.44. The molecule has 0 aliphatic rings. The molecule has 106 valence electrons. The first-order valence-electron chi connectivity index (χ1n) is 5.92. The first kappa shape index (κ1) is 14.5. The van der Waals surface area contributed by atoms with E-state index in [9.17, 15) is 12.8 Å². The number of sulfonamides is 1. The molecule has 0 aliphatic heterocycles. The number of aliphatic hydroxyl groups excluding tert-OH is 1. The normalized spacial score (nSPS) is 11.3. The van der Waals surface area contributed by atoms with Crippen LogP contribution in [-0.4, -0.2) is 13.5 Å². The van der Waals surface area contributed by atoms with Gasteiger partial charge in [-0.1, -0.05) is 24.3 Å². The third-order valence-electron chi connectivity index (χ3n) is 2.87. The Morgan fingerprint density at radius 2 is 1.80 bits per heavy atom. The molecule has 0 radical (unpaired) electrons.